The molecule has 4 nitrogen and oxygen atoms in total. The van der Waals surface area contributed by atoms with Crippen LogP contribution in [0.1, 0.15) is 38.7 Å². The average molecular weight is 317 g/mol. The first-order chi connectivity index (χ1) is 10.9. The molecule has 2 fully saturated rings. The molecular formula is C19H27NO3. The summed E-state index contributed by atoms with van der Waals surface area (Å²) in [6, 6.07) is 6.52. The Morgan fingerprint density at radius 2 is 1.87 bits per heavy atom. The fourth-order valence-corrected chi connectivity index (χ4v) is 4.95. The van der Waals surface area contributed by atoms with E-state index in [1.54, 1.807) is 14.2 Å². The van der Waals surface area contributed by atoms with E-state index in [2.05, 4.69) is 37.9 Å². The van der Waals surface area contributed by atoms with Crippen LogP contribution in [-0.4, -0.2) is 44.5 Å². The van der Waals surface area contributed by atoms with Gasteiger partial charge in [0.1, 0.15) is 5.78 Å². The van der Waals surface area contributed by atoms with Crippen LogP contribution in [0.2, 0.25) is 0 Å². The maximum Gasteiger partial charge on any atom is 0.161 e. The van der Waals surface area contributed by atoms with Crippen molar-refractivity contribution in [2.75, 3.05) is 27.8 Å². The average Bonchev–Trinajstić information content (AvgIpc) is 2.85. The van der Waals surface area contributed by atoms with Crippen molar-refractivity contribution in [3.63, 3.8) is 0 Å². The zero-order valence-electron chi connectivity index (χ0n) is 14.8. The fourth-order valence-electron chi connectivity index (χ4n) is 4.95. The van der Waals surface area contributed by atoms with Gasteiger partial charge in [0.15, 0.2) is 11.5 Å². The third-order valence-corrected chi connectivity index (χ3v) is 6.13. The van der Waals surface area contributed by atoms with Crippen molar-refractivity contribution >= 4 is 5.78 Å². The van der Waals surface area contributed by atoms with Gasteiger partial charge < -0.3 is 14.4 Å². The Hall–Kier alpha value is -1.55. The monoisotopic (exact) mass is 317 g/mol. The highest BCUT2D eigenvalue weighted by atomic mass is 16.5. The van der Waals surface area contributed by atoms with Crippen molar-refractivity contribution in [1.29, 1.82) is 0 Å². The molecule has 1 aromatic carbocycles. The summed E-state index contributed by atoms with van der Waals surface area (Å²) in [4.78, 5) is 14.6. The van der Waals surface area contributed by atoms with Crippen molar-refractivity contribution in [3.8, 4) is 11.5 Å². The lowest BCUT2D eigenvalue weighted by molar-refractivity contribution is -0.128. The molecule has 2 aliphatic rings. The molecular weight excluding hydrogens is 290 g/mol. The Kier molecular flexibility index (Phi) is 3.91. The van der Waals surface area contributed by atoms with Gasteiger partial charge in [-0.3, -0.25) is 4.79 Å². The minimum atomic E-state index is -0.0721. The maximum atomic E-state index is 12.3. The Balaban J connectivity index is 2.16. The number of Topliss-reactive ketones (excluding diaryl/α,β-unsaturated/α-hetero) is 1. The first kappa shape index (κ1) is 16.3. The molecule has 4 heteroatoms. The molecule has 1 saturated carbocycles. The molecule has 1 heterocycles. The maximum absolute atomic E-state index is 12.3. The van der Waals surface area contributed by atoms with Gasteiger partial charge in [-0.05, 0) is 43.1 Å². The third kappa shape index (κ3) is 2.26. The molecule has 0 N–H and O–H groups in total. The lowest BCUT2D eigenvalue weighted by atomic mass is 9.52. The van der Waals surface area contributed by atoms with Gasteiger partial charge in [0.05, 0.1) is 14.2 Å². The summed E-state index contributed by atoms with van der Waals surface area (Å²) in [7, 11) is 5.47. The highest BCUT2D eigenvalue weighted by molar-refractivity contribution is 5.82. The second-order valence-electron chi connectivity index (χ2n) is 7.59. The van der Waals surface area contributed by atoms with Crippen molar-refractivity contribution in [3.05, 3.63) is 23.8 Å². The van der Waals surface area contributed by atoms with Crippen LogP contribution in [0.5, 0.6) is 11.5 Å². The topological polar surface area (TPSA) is 38.8 Å². The van der Waals surface area contributed by atoms with Gasteiger partial charge in [-0.1, -0.05) is 19.9 Å². The van der Waals surface area contributed by atoms with Gasteiger partial charge in [0, 0.05) is 24.3 Å². The van der Waals surface area contributed by atoms with Crippen LogP contribution in [-0.2, 0) is 10.2 Å². The molecule has 0 aromatic heterocycles. The Morgan fingerprint density at radius 1 is 1.17 bits per heavy atom. The zero-order valence-corrected chi connectivity index (χ0v) is 14.8. The quantitative estimate of drug-likeness (QED) is 0.859. The van der Waals surface area contributed by atoms with Crippen LogP contribution in [0.25, 0.3) is 0 Å². The molecule has 2 atom stereocenters. The van der Waals surface area contributed by atoms with E-state index in [4.69, 9.17) is 9.47 Å². The van der Waals surface area contributed by atoms with Gasteiger partial charge in [0.2, 0.25) is 0 Å². The van der Waals surface area contributed by atoms with E-state index in [9.17, 15) is 4.79 Å². The third-order valence-electron chi connectivity index (χ3n) is 6.13. The molecule has 0 radical (unpaired) electrons. The van der Waals surface area contributed by atoms with Crippen molar-refractivity contribution in [2.24, 2.45) is 5.41 Å². The van der Waals surface area contributed by atoms with Crippen LogP contribution in [0.3, 0.4) is 0 Å². The summed E-state index contributed by atoms with van der Waals surface area (Å²) in [6.45, 7) is 5.51. The van der Waals surface area contributed by atoms with E-state index < -0.39 is 0 Å². The van der Waals surface area contributed by atoms with Gasteiger partial charge in [-0.25, -0.2) is 0 Å². The number of nitrogens with zero attached hydrogens (tertiary/aromatic N) is 1. The van der Waals surface area contributed by atoms with E-state index in [1.165, 1.54) is 5.56 Å². The molecule has 1 aromatic rings. The standard InChI is InChI=1S/C19H27NO3/c1-18(2)12-14(21)11-17-19(18,8-9-20(17)3)13-6-7-15(22-4)16(10-13)23-5/h6-7,10,17H,8-9,11-12H2,1-5H3/t17?,19-/m1/s1. The highest BCUT2D eigenvalue weighted by Crippen LogP contribution is 2.58. The van der Waals surface area contributed by atoms with Crippen LogP contribution in [0.4, 0.5) is 0 Å². The lowest BCUT2D eigenvalue weighted by Gasteiger charge is -2.52. The number of methoxy groups -OCH3 is 2. The van der Waals surface area contributed by atoms with E-state index in [1.807, 2.05) is 6.07 Å². The first-order valence-electron chi connectivity index (χ1n) is 8.30. The number of ether oxygens (including phenoxy) is 2. The SMILES string of the molecule is COc1ccc([C@]23CCN(C)C2CC(=O)CC3(C)C)cc1OC. The summed E-state index contributed by atoms with van der Waals surface area (Å²) in [5, 5.41) is 0. The molecule has 0 bridgehead atoms. The number of carbonyl (C=O) groups excluding carboxylic acids is 1. The van der Waals surface area contributed by atoms with E-state index in [0.29, 0.717) is 18.6 Å². The van der Waals surface area contributed by atoms with E-state index in [-0.39, 0.29) is 16.9 Å². The van der Waals surface area contributed by atoms with Crippen LogP contribution >= 0.6 is 0 Å². The van der Waals surface area contributed by atoms with Crippen LogP contribution in [0.15, 0.2) is 18.2 Å². The Morgan fingerprint density at radius 3 is 2.52 bits per heavy atom. The number of likely N-dealkylation sites (tertiary alicyclic amines) is 1. The molecule has 1 unspecified atom stereocenters. The predicted molar refractivity (Wildman–Crippen MR) is 90.3 cm³/mol. The normalized spacial score (nSPS) is 30.1. The van der Waals surface area contributed by atoms with Crippen molar-refractivity contribution < 1.29 is 14.3 Å². The Labute approximate surface area is 138 Å². The van der Waals surface area contributed by atoms with E-state index >= 15 is 0 Å². The number of fused-ring (bicyclic) bond motifs is 1. The molecule has 126 valence electrons. The Bertz CT molecular complexity index is 625. The molecule has 1 aliphatic carbocycles. The van der Waals surface area contributed by atoms with Gasteiger partial charge >= 0.3 is 0 Å². The predicted octanol–water partition coefficient (Wildman–Crippen LogP) is 3.03. The minimum absolute atomic E-state index is 0.0186. The largest absolute Gasteiger partial charge is 0.493 e. The molecule has 3 rings (SSSR count). The second-order valence-corrected chi connectivity index (χ2v) is 7.59. The van der Waals surface area contributed by atoms with Crippen molar-refractivity contribution in [1.82, 2.24) is 4.90 Å². The number of benzene rings is 1. The summed E-state index contributed by atoms with van der Waals surface area (Å²) in [5.41, 5.74) is 1.18. The number of hydrogen-bond donors (Lipinski definition) is 0. The number of hydrogen-bond acceptors (Lipinski definition) is 4. The summed E-state index contributed by atoms with van der Waals surface area (Å²) in [5.74, 6) is 1.89. The van der Waals surface area contributed by atoms with Crippen LogP contribution in [0, 0.1) is 5.41 Å². The smallest absolute Gasteiger partial charge is 0.161 e. The van der Waals surface area contributed by atoms with Gasteiger partial charge in [0.25, 0.3) is 0 Å². The number of rotatable bonds is 3. The van der Waals surface area contributed by atoms with Gasteiger partial charge in [-0.15, -0.1) is 0 Å². The van der Waals surface area contributed by atoms with Crippen LogP contribution < -0.4 is 9.47 Å². The number of ketones is 1. The second kappa shape index (κ2) is 5.52. The molecule has 1 aliphatic heterocycles. The fraction of sp³-hybridized carbons (Fsp3) is 0.632. The van der Waals surface area contributed by atoms with Gasteiger partial charge in [-0.2, -0.15) is 0 Å². The molecule has 23 heavy (non-hydrogen) atoms. The molecule has 0 amide bonds. The molecule has 0 spiro atoms. The summed E-state index contributed by atoms with van der Waals surface area (Å²) >= 11 is 0. The lowest BCUT2D eigenvalue weighted by Crippen LogP contribution is -2.56. The summed E-state index contributed by atoms with van der Waals surface area (Å²) < 4.78 is 10.9. The molecule has 1 saturated heterocycles. The number of carbonyl (C=O) groups is 1. The zero-order chi connectivity index (χ0) is 16.8. The summed E-state index contributed by atoms with van der Waals surface area (Å²) in [6.07, 6.45) is 2.36. The number of likely N-dealkylation sites (N-methyl/N-ethyl adjacent to an activating group) is 1. The first-order valence-corrected chi connectivity index (χ1v) is 8.30. The van der Waals surface area contributed by atoms with E-state index in [0.717, 1.165) is 24.5 Å². The minimum Gasteiger partial charge on any atom is -0.493 e. The van der Waals surface area contributed by atoms with Crippen molar-refractivity contribution in [2.45, 2.75) is 44.6 Å². The highest BCUT2D eigenvalue weighted by Gasteiger charge is 2.59.